The second-order valence-electron chi connectivity index (χ2n) is 7.67. The van der Waals surface area contributed by atoms with Crippen LogP contribution in [0.25, 0.3) is 0 Å². The van der Waals surface area contributed by atoms with E-state index >= 15 is 0 Å². The Kier molecular flexibility index (Phi) is 8.65. The third-order valence-electron chi connectivity index (χ3n) is 3.81. The first-order valence-corrected chi connectivity index (χ1v) is 10.0. The lowest BCUT2D eigenvalue weighted by molar-refractivity contribution is -0.152. The van der Waals surface area contributed by atoms with Crippen molar-refractivity contribution in [3.05, 3.63) is 53.5 Å². The largest absolute Gasteiger partial charge is 0.472 e. The van der Waals surface area contributed by atoms with Crippen LogP contribution in [0.2, 0.25) is 0 Å². The normalized spacial score (nSPS) is 11.9. The molecule has 2 aromatic rings. The zero-order valence-corrected chi connectivity index (χ0v) is 18.5. The van der Waals surface area contributed by atoms with Gasteiger partial charge in [-0.15, -0.1) is 0 Å². The number of carbonyl (C=O) groups is 3. The Morgan fingerprint density at radius 3 is 2.47 bits per heavy atom. The first kappa shape index (κ1) is 24.7. The smallest absolute Gasteiger partial charge is 0.345 e. The molecule has 2 rings (SSSR count). The minimum Gasteiger partial charge on any atom is -0.472 e. The highest BCUT2D eigenvalue weighted by atomic mass is 16.6. The molecule has 1 heterocycles. The van der Waals surface area contributed by atoms with Crippen LogP contribution in [0.4, 0.5) is 0 Å². The summed E-state index contributed by atoms with van der Waals surface area (Å²) in [5.41, 5.74) is 0.0244. The maximum atomic E-state index is 12.6. The van der Waals surface area contributed by atoms with Crippen LogP contribution < -0.4 is 10.1 Å². The zero-order valence-electron chi connectivity index (χ0n) is 18.5. The van der Waals surface area contributed by atoms with Gasteiger partial charge in [0.05, 0.1) is 13.2 Å². The third-order valence-corrected chi connectivity index (χ3v) is 3.81. The topological polar surface area (TPSA) is 137 Å². The molecule has 0 saturated heterocycles. The number of aliphatic hydroxyl groups excluding tert-OH is 1. The number of nitrogens with zero attached hydrogens (tertiary/aromatic N) is 2. The molecule has 0 spiro atoms. The molecule has 10 heteroatoms. The second-order valence-corrected chi connectivity index (χ2v) is 7.67. The summed E-state index contributed by atoms with van der Waals surface area (Å²) in [5.74, 6) is -2.77. The number of ether oxygens (including phenoxy) is 3. The number of aliphatic hydroxyl groups is 1. The van der Waals surface area contributed by atoms with Gasteiger partial charge in [0.2, 0.25) is 11.7 Å². The predicted molar refractivity (Wildman–Crippen MR) is 113 cm³/mol. The number of aromatic nitrogens is 2. The molecular formula is C22H27N3O7. The number of hydrogen-bond acceptors (Lipinski definition) is 9. The van der Waals surface area contributed by atoms with Crippen molar-refractivity contribution in [3.8, 4) is 5.88 Å². The summed E-state index contributed by atoms with van der Waals surface area (Å²) < 4.78 is 15.7. The van der Waals surface area contributed by atoms with Gasteiger partial charge in [0.15, 0.2) is 6.10 Å². The van der Waals surface area contributed by atoms with Crippen molar-refractivity contribution in [2.24, 2.45) is 0 Å². The van der Waals surface area contributed by atoms with Crippen molar-refractivity contribution in [3.63, 3.8) is 0 Å². The molecule has 0 aliphatic rings. The summed E-state index contributed by atoms with van der Waals surface area (Å²) in [6.45, 7) is 6.54. The van der Waals surface area contributed by atoms with Crippen LogP contribution in [-0.2, 0) is 20.9 Å². The average molecular weight is 445 g/mol. The number of rotatable bonds is 9. The van der Waals surface area contributed by atoms with Crippen LogP contribution in [0.3, 0.4) is 0 Å². The Hall–Kier alpha value is -3.53. The van der Waals surface area contributed by atoms with Gasteiger partial charge in [0.25, 0.3) is 5.91 Å². The molecule has 32 heavy (non-hydrogen) atoms. The highest BCUT2D eigenvalue weighted by Gasteiger charge is 2.25. The predicted octanol–water partition coefficient (Wildman–Crippen LogP) is 1.66. The summed E-state index contributed by atoms with van der Waals surface area (Å²) in [7, 11) is 0. The Morgan fingerprint density at radius 1 is 1.16 bits per heavy atom. The van der Waals surface area contributed by atoms with Gasteiger partial charge < -0.3 is 24.6 Å². The van der Waals surface area contributed by atoms with Gasteiger partial charge in [-0.05, 0) is 33.3 Å². The maximum absolute atomic E-state index is 12.6. The van der Waals surface area contributed by atoms with E-state index in [-0.39, 0.29) is 30.5 Å². The highest BCUT2D eigenvalue weighted by molar-refractivity contribution is 5.94. The molecule has 0 fully saturated rings. The van der Waals surface area contributed by atoms with Crippen LogP contribution in [0.15, 0.2) is 36.5 Å². The van der Waals surface area contributed by atoms with Gasteiger partial charge in [-0.2, -0.15) is 4.98 Å². The molecule has 0 aliphatic heterocycles. The number of hydrogen-bond donors (Lipinski definition) is 2. The maximum Gasteiger partial charge on any atom is 0.345 e. The third kappa shape index (κ3) is 7.62. The lowest BCUT2D eigenvalue weighted by Crippen LogP contribution is -2.38. The van der Waals surface area contributed by atoms with E-state index in [1.165, 1.54) is 0 Å². The molecule has 0 unspecified atom stereocenters. The summed E-state index contributed by atoms with van der Waals surface area (Å²) in [5, 5.41) is 12.1. The van der Waals surface area contributed by atoms with Gasteiger partial charge in [0.1, 0.15) is 17.8 Å². The molecule has 0 radical (unpaired) electrons. The molecule has 1 aromatic carbocycles. The van der Waals surface area contributed by atoms with Crippen molar-refractivity contribution in [1.29, 1.82) is 0 Å². The SMILES string of the molecule is CCOC(=O)[C@H](O)CNC(=O)c1ncc(C(=O)OC(C)(C)C)c(OCc2ccccc2)n1. The molecular weight excluding hydrogens is 418 g/mol. The van der Waals surface area contributed by atoms with E-state index in [1.54, 1.807) is 27.7 Å². The standard InChI is InChI=1S/C22H27N3O7/c1-5-30-21(29)16(26)12-24-18(27)17-23-11-15(20(28)32-22(2,3)4)19(25-17)31-13-14-9-7-6-8-10-14/h6-11,16,26H,5,12-13H2,1-4H3,(H,24,27)/t16-/m1/s1. The summed E-state index contributed by atoms with van der Waals surface area (Å²) >= 11 is 0. The Labute approximate surface area is 185 Å². The van der Waals surface area contributed by atoms with Gasteiger partial charge in [-0.3, -0.25) is 4.79 Å². The van der Waals surface area contributed by atoms with Crippen molar-refractivity contribution in [1.82, 2.24) is 15.3 Å². The quantitative estimate of drug-likeness (QED) is 0.552. The van der Waals surface area contributed by atoms with Crippen molar-refractivity contribution < 1.29 is 33.7 Å². The molecule has 0 saturated carbocycles. The number of carbonyl (C=O) groups excluding carboxylic acids is 3. The molecule has 1 atom stereocenters. The van der Waals surface area contributed by atoms with Crippen molar-refractivity contribution in [2.75, 3.05) is 13.2 Å². The molecule has 172 valence electrons. The van der Waals surface area contributed by atoms with E-state index in [2.05, 4.69) is 20.0 Å². The van der Waals surface area contributed by atoms with Crippen LogP contribution in [0.1, 0.15) is 54.2 Å². The average Bonchev–Trinajstić information content (AvgIpc) is 2.75. The van der Waals surface area contributed by atoms with E-state index in [4.69, 9.17) is 9.47 Å². The van der Waals surface area contributed by atoms with Gasteiger partial charge in [-0.1, -0.05) is 30.3 Å². The van der Waals surface area contributed by atoms with E-state index in [9.17, 15) is 19.5 Å². The van der Waals surface area contributed by atoms with Crippen LogP contribution >= 0.6 is 0 Å². The lowest BCUT2D eigenvalue weighted by atomic mass is 10.2. The number of amides is 1. The Balaban J connectivity index is 2.20. The van der Waals surface area contributed by atoms with E-state index in [0.29, 0.717) is 0 Å². The zero-order chi connectivity index (χ0) is 23.7. The molecule has 1 aromatic heterocycles. The van der Waals surface area contributed by atoms with Crippen LogP contribution in [0, 0.1) is 0 Å². The molecule has 10 nitrogen and oxygen atoms in total. The summed E-state index contributed by atoms with van der Waals surface area (Å²) in [6.07, 6.45) is -0.397. The van der Waals surface area contributed by atoms with E-state index in [1.807, 2.05) is 30.3 Å². The Morgan fingerprint density at radius 2 is 1.84 bits per heavy atom. The molecule has 0 bridgehead atoms. The summed E-state index contributed by atoms with van der Waals surface area (Å²) in [6, 6.07) is 9.19. The second kappa shape index (κ2) is 11.2. The number of nitrogens with one attached hydrogen (secondary N) is 1. The number of esters is 2. The van der Waals surface area contributed by atoms with Gasteiger partial charge in [-0.25, -0.2) is 14.6 Å². The fourth-order valence-electron chi connectivity index (χ4n) is 2.37. The van der Waals surface area contributed by atoms with Crippen LogP contribution in [0.5, 0.6) is 5.88 Å². The first-order valence-electron chi connectivity index (χ1n) is 10.0. The Bertz CT molecular complexity index is 942. The minimum absolute atomic E-state index is 0.0426. The molecule has 1 amide bonds. The highest BCUT2D eigenvalue weighted by Crippen LogP contribution is 2.20. The fraction of sp³-hybridized carbons (Fsp3) is 0.409. The lowest BCUT2D eigenvalue weighted by Gasteiger charge is -2.20. The van der Waals surface area contributed by atoms with Gasteiger partial charge in [0, 0.05) is 6.20 Å². The minimum atomic E-state index is -1.53. The summed E-state index contributed by atoms with van der Waals surface area (Å²) in [4.78, 5) is 44.4. The van der Waals surface area contributed by atoms with Crippen molar-refractivity contribution in [2.45, 2.75) is 46.0 Å². The van der Waals surface area contributed by atoms with E-state index in [0.717, 1.165) is 11.8 Å². The molecule has 0 aliphatic carbocycles. The van der Waals surface area contributed by atoms with Crippen LogP contribution in [-0.4, -0.2) is 57.8 Å². The fourth-order valence-corrected chi connectivity index (χ4v) is 2.37. The van der Waals surface area contributed by atoms with Gasteiger partial charge >= 0.3 is 11.9 Å². The monoisotopic (exact) mass is 445 g/mol. The van der Waals surface area contributed by atoms with E-state index < -0.39 is 36.1 Å². The number of benzene rings is 1. The first-order chi connectivity index (χ1) is 15.1. The van der Waals surface area contributed by atoms with Crippen molar-refractivity contribution >= 4 is 17.8 Å². The molecule has 2 N–H and O–H groups in total.